The molecular weight excluding hydrogens is 354 g/mol. The van der Waals surface area contributed by atoms with Gasteiger partial charge in [0, 0.05) is 0 Å². The lowest BCUT2D eigenvalue weighted by Crippen LogP contribution is -2.45. The second kappa shape index (κ2) is 8.25. The first kappa shape index (κ1) is 19.6. The largest absolute Gasteiger partial charge is 0.348 e. The van der Waals surface area contributed by atoms with Crippen molar-refractivity contribution in [2.24, 2.45) is 0 Å². The van der Waals surface area contributed by atoms with Crippen LogP contribution in [0.1, 0.15) is 37.4 Å². The molecule has 0 aliphatic carbocycles. The van der Waals surface area contributed by atoms with Crippen LogP contribution in [0.25, 0.3) is 0 Å². The van der Waals surface area contributed by atoms with Crippen LogP contribution in [0.4, 0.5) is 4.79 Å². The van der Waals surface area contributed by atoms with Crippen LogP contribution >= 0.6 is 0 Å². The average Bonchev–Trinajstić information content (AvgIpc) is 2.91. The molecule has 0 bridgehead atoms. The molecule has 3 rings (SSSR count). The van der Waals surface area contributed by atoms with E-state index >= 15 is 0 Å². The van der Waals surface area contributed by atoms with Crippen molar-refractivity contribution in [3.63, 3.8) is 0 Å². The van der Waals surface area contributed by atoms with Crippen LogP contribution < -0.4 is 10.6 Å². The second-order valence-corrected chi connectivity index (χ2v) is 7.34. The molecular formula is C22H25N3O3. The molecule has 0 spiro atoms. The Morgan fingerprint density at radius 2 is 1.68 bits per heavy atom. The Bertz CT molecular complexity index is 854. The lowest BCUT2D eigenvalue weighted by atomic mass is 9.93. The van der Waals surface area contributed by atoms with Crippen molar-refractivity contribution in [3.8, 4) is 0 Å². The van der Waals surface area contributed by atoms with Gasteiger partial charge in [-0.25, -0.2) is 4.79 Å². The fourth-order valence-electron chi connectivity index (χ4n) is 3.35. The molecule has 6 nitrogen and oxygen atoms in total. The van der Waals surface area contributed by atoms with Crippen molar-refractivity contribution < 1.29 is 14.4 Å². The van der Waals surface area contributed by atoms with E-state index in [-0.39, 0.29) is 24.4 Å². The third-order valence-corrected chi connectivity index (χ3v) is 5.08. The zero-order valence-electron chi connectivity index (χ0n) is 16.1. The number of carbonyl (C=O) groups is 3. The summed E-state index contributed by atoms with van der Waals surface area (Å²) < 4.78 is 0. The van der Waals surface area contributed by atoms with Gasteiger partial charge in [0.1, 0.15) is 12.1 Å². The predicted octanol–water partition coefficient (Wildman–Crippen LogP) is 2.81. The van der Waals surface area contributed by atoms with Gasteiger partial charge in [-0.3, -0.25) is 14.5 Å². The van der Waals surface area contributed by atoms with E-state index in [1.54, 1.807) is 6.92 Å². The second-order valence-electron chi connectivity index (χ2n) is 7.34. The first-order chi connectivity index (χ1) is 13.4. The Hall–Kier alpha value is -3.15. The van der Waals surface area contributed by atoms with Crippen molar-refractivity contribution in [2.45, 2.75) is 38.3 Å². The van der Waals surface area contributed by atoms with E-state index in [2.05, 4.69) is 10.6 Å². The van der Waals surface area contributed by atoms with E-state index in [1.807, 2.05) is 67.6 Å². The van der Waals surface area contributed by atoms with Crippen LogP contribution in [0.2, 0.25) is 0 Å². The van der Waals surface area contributed by atoms with E-state index in [9.17, 15) is 14.4 Å². The number of imide groups is 1. The zero-order valence-corrected chi connectivity index (χ0v) is 16.1. The summed E-state index contributed by atoms with van der Waals surface area (Å²) >= 11 is 0. The first-order valence-corrected chi connectivity index (χ1v) is 9.41. The van der Waals surface area contributed by atoms with Crippen molar-refractivity contribution in [3.05, 3.63) is 71.8 Å². The molecule has 0 aromatic heterocycles. The maximum Gasteiger partial charge on any atom is 0.325 e. The molecule has 4 amide bonds. The lowest BCUT2D eigenvalue weighted by Gasteiger charge is -2.22. The van der Waals surface area contributed by atoms with Gasteiger partial charge in [-0.15, -0.1) is 0 Å². The molecule has 0 saturated carbocycles. The number of carbonyl (C=O) groups excluding carboxylic acids is 3. The topological polar surface area (TPSA) is 78.5 Å². The summed E-state index contributed by atoms with van der Waals surface area (Å²) in [6.45, 7) is 3.28. The van der Waals surface area contributed by atoms with Gasteiger partial charge in [0.05, 0.1) is 6.04 Å². The van der Waals surface area contributed by atoms with Gasteiger partial charge < -0.3 is 10.6 Å². The quantitative estimate of drug-likeness (QED) is 0.726. The monoisotopic (exact) mass is 379 g/mol. The molecule has 28 heavy (non-hydrogen) atoms. The maximum absolute atomic E-state index is 12.8. The lowest BCUT2D eigenvalue weighted by molar-refractivity contribution is -0.134. The van der Waals surface area contributed by atoms with E-state index in [1.165, 1.54) is 0 Å². The number of hydrogen-bond donors (Lipinski definition) is 2. The Balaban J connectivity index is 1.59. The van der Waals surface area contributed by atoms with Crippen LogP contribution in [-0.4, -0.2) is 34.8 Å². The molecule has 0 radical (unpaired) electrons. The summed E-state index contributed by atoms with van der Waals surface area (Å²) in [5.74, 6) is -0.733. The van der Waals surface area contributed by atoms with Crippen LogP contribution in [0.5, 0.6) is 0 Å². The highest BCUT2D eigenvalue weighted by atomic mass is 16.2. The highest BCUT2D eigenvalue weighted by molar-refractivity contribution is 6.08. The summed E-state index contributed by atoms with van der Waals surface area (Å²) in [6, 6.07) is 18.6. The van der Waals surface area contributed by atoms with Crippen LogP contribution in [0.3, 0.4) is 0 Å². The summed E-state index contributed by atoms with van der Waals surface area (Å²) in [4.78, 5) is 38.5. The van der Waals surface area contributed by atoms with Crippen LogP contribution in [0, 0.1) is 0 Å². The number of nitrogens with zero attached hydrogens (tertiary/aromatic N) is 1. The predicted molar refractivity (Wildman–Crippen MR) is 106 cm³/mol. The smallest absolute Gasteiger partial charge is 0.325 e. The average molecular weight is 379 g/mol. The van der Waals surface area contributed by atoms with Gasteiger partial charge in [-0.05, 0) is 37.8 Å². The fourth-order valence-corrected chi connectivity index (χ4v) is 3.35. The molecule has 1 aliphatic rings. The number of nitrogens with one attached hydrogen (secondary N) is 2. The highest BCUT2D eigenvalue weighted by Crippen LogP contribution is 2.23. The van der Waals surface area contributed by atoms with Gasteiger partial charge in [-0.2, -0.15) is 0 Å². The van der Waals surface area contributed by atoms with Gasteiger partial charge in [0.15, 0.2) is 0 Å². The minimum Gasteiger partial charge on any atom is -0.348 e. The minimum absolute atomic E-state index is 0.209. The van der Waals surface area contributed by atoms with Gasteiger partial charge >= 0.3 is 6.03 Å². The van der Waals surface area contributed by atoms with Gasteiger partial charge in [0.2, 0.25) is 5.91 Å². The normalized spacial score (nSPS) is 20.0. The third-order valence-electron chi connectivity index (χ3n) is 5.08. The number of aryl methyl sites for hydroxylation is 1. The third kappa shape index (κ3) is 4.39. The SMILES string of the molecule is C[C@H](NC(=O)CN1C(=O)N[C@](C)(CCc2ccccc2)C1=O)c1ccccc1. The zero-order chi connectivity index (χ0) is 20.1. The molecule has 1 fully saturated rings. The standard InChI is InChI=1S/C22H25N3O3/c1-16(18-11-7-4-8-12-18)23-19(26)15-25-20(27)22(2,24-21(25)28)14-13-17-9-5-3-6-10-17/h3-12,16H,13-15H2,1-2H3,(H,23,26)(H,24,28)/t16-,22+/m0/s1. The minimum atomic E-state index is -1.00. The Morgan fingerprint density at radius 1 is 1.07 bits per heavy atom. The van der Waals surface area contributed by atoms with E-state index < -0.39 is 11.6 Å². The Morgan fingerprint density at radius 3 is 2.32 bits per heavy atom. The molecule has 1 heterocycles. The summed E-state index contributed by atoms with van der Waals surface area (Å²) in [6.07, 6.45) is 1.13. The van der Waals surface area contributed by atoms with E-state index in [4.69, 9.17) is 0 Å². The number of hydrogen-bond acceptors (Lipinski definition) is 3. The van der Waals surface area contributed by atoms with Crippen LogP contribution in [0.15, 0.2) is 60.7 Å². The molecule has 6 heteroatoms. The summed E-state index contributed by atoms with van der Waals surface area (Å²) in [7, 11) is 0. The van der Waals surface area contributed by atoms with Crippen molar-refractivity contribution in [1.82, 2.24) is 15.5 Å². The molecule has 2 aromatic carbocycles. The Kier molecular flexibility index (Phi) is 5.78. The van der Waals surface area contributed by atoms with E-state index in [0.717, 1.165) is 16.0 Å². The molecule has 2 aromatic rings. The molecule has 2 atom stereocenters. The van der Waals surface area contributed by atoms with Gasteiger partial charge in [-0.1, -0.05) is 60.7 Å². The number of amides is 4. The van der Waals surface area contributed by atoms with Crippen LogP contribution in [-0.2, 0) is 16.0 Å². The Labute approximate surface area is 164 Å². The molecule has 0 unspecified atom stereocenters. The van der Waals surface area contributed by atoms with Crippen molar-refractivity contribution >= 4 is 17.8 Å². The summed E-state index contributed by atoms with van der Waals surface area (Å²) in [5.41, 5.74) is 1.05. The first-order valence-electron chi connectivity index (χ1n) is 9.41. The van der Waals surface area contributed by atoms with E-state index in [0.29, 0.717) is 12.8 Å². The highest BCUT2D eigenvalue weighted by Gasteiger charge is 2.47. The number of urea groups is 1. The van der Waals surface area contributed by atoms with Gasteiger partial charge in [0.25, 0.3) is 5.91 Å². The fraction of sp³-hybridized carbons (Fsp3) is 0.318. The number of benzene rings is 2. The molecule has 2 N–H and O–H groups in total. The summed E-state index contributed by atoms with van der Waals surface area (Å²) in [5, 5.41) is 5.58. The maximum atomic E-state index is 12.8. The molecule has 1 saturated heterocycles. The molecule has 146 valence electrons. The number of rotatable bonds is 7. The molecule has 1 aliphatic heterocycles. The van der Waals surface area contributed by atoms with Crippen molar-refractivity contribution in [1.29, 1.82) is 0 Å². The van der Waals surface area contributed by atoms with Crippen molar-refractivity contribution in [2.75, 3.05) is 6.54 Å².